The Balaban J connectivity index is 3.33. The number of hydrogen-bond donors (Lipinski definition) is 1. The molecule has 0 aliphatic heterocycles. The minimum atomic E-state index is -5.00. The van der Waals surface area contributed by atoms with E-state index in [-0.39, 0.29) is 5.56 Å². The van der Waals surface area contributed by atoms with Crippen molar-refractivity contribution in [2.24, 2.45) is 0 Å². The van der Waals surface area contributed by atoms with Crippen LogP contribution < -0.4 is 4.74 Å². The van der Waals surface area contributed by atoms with Crippen molar-refractivity contribution in [2.75, 3.05) is 0 Å². The summed E-state index contributed by atoms with van der Waals surface area (Å²) in [6.07, 6.45) is -5.29. The van der Waals surface area contributed by atoms with Crippen molar-refractivity contribution < 1.29 is 32.7 Å². The van der Waals surface area contributed by atoms with Crippen molar-refractivity contribution in [1.82, 2.24) is 4.98 Å². The van der Waals surface area contributed by atoms with Crippen LogP contribution in [0.1, 0.15) is 11.1 Å². The number of rotatable bonds is 4. The number of aliphatic carboxylic acids is 1. The van der Waals surface area contributed by atoms with Crippen LogP contribution in [0, 0.1) is 17.0 Å². The number of nitro groups is 1. The van der Waals surface area contributed by atoms with Gasteiger partial charge in [-0.25, -0.2) is 0 Å². The Morgan fingerprint density at radius 2 is 2.16 bits per heavy atom. The second-order valence-electron chi connectivity index (χ2n) is 3.43. The van der Waals surface area contributed by atoms with E-state index in [1.54, 1.807) is 0 Å². The molecule has 0 aliphatic carbocycles. The third-order valence-electron chi connectivity index (χ3n) is 2.12. The van der Waals surface area contributed by atoms with Gasteiger partial charge in [-0.05, 0) is 16.8 Å². The molecule has 0 bridgehead atoms. The number of halogens is 3. The molecule has 0 amide bonds. The van der Waals surface area contributed by atoms with Gasteiger partial charge in [-0.1, -0.05) is 0 Å². The monoisotopic (exact) mass is 280 g/mol. The number of hydrogen-bond acceptors (Lipinski definition) is 5. The van der Waals surface area contributed by atoms with Crippen molar-refractivity contribution >= 4 is 11.8 Å². The maximum atomic E-state index is 12.1. The third-order valence-corrected chi connectivity index (χ3v) is 2.12. The van der Waals surface area contributed by atoms with Crippen LogP contribution in [0.15, 0.2) is 6.20 Å². The van der Waals surface area contributed by atoms with E-state index in [0.717, 1.165) is 6.92 Å². The summed E-state index contributed by atoms with van der Waals surface area (Å²) in [5.41, 5.74) is -0.722. The Hall–Kier alpha value is -2.39. The molecule has 0 aliphatic rings. The van der Waals surface area contributed by atoms with E-state index in [1.807, 2.05) is 0 Å². The van der Waals surface area contributed by atoms with Gasteiger partial charge >= 0.3 is 18.1 Å². The zero-order valence-electron chi connectivity index (χ0n) is 9.39. The van der Waals surface area contributed by atoms with Crippen LogP contribution in [-0.4, -0.2) is 27.3 Å². The highest BCUT2D eigenvalue weighted by molar-refractivity contribution is 5.72. The molecule has 10 heteroatoms. The summed E-state index contributed by atoms with van der Waals surface area (Å²) in [7, 11) is 0. The SMILES string of the molecule is Cc1c(OC(F)(F)F)cnc([N+](=O)[O-])c1CC(=O)O. The molecule has 1 aromatic rings. The molecule has 0 atom stereocenters. The molecular formula is C9H7F3N2O5. The first-order valence-corrected chi connectivity index (χ1v) is 4.72. The molecule has 1 rings (SSSR count). The number of carboxylic acid groups (broad SMARTS) is 1. The molecule has 0 aromatic carbocycles. The fourth-order valence-corrected chi connectivity index (χ4v) is 1.36. The van der Waals surface area contributed by atoms with Crippen molar-refractivity contribution in [3.05, 3.63) is 27.4 Å². The van der Waals surface area contributed by atoms with Gasteiger partial charge in [0, 0.05) is 5.56 Å². The number of aromatic nitrogens is 1. The normalized spacial score (nSPS) is 11.2. The molecule has 0 unspecified atom stereocenters. The molecule has 0 saturated heterocycles. The van der Waals surface area contributed by atoms with E-state index in [9.17, 15) is 28.1 Å². The van der Waals surface area contributed by atoms with Crippen LogP contribution in [0.4, 0.5) is 19.0 Å². The molecule has 7 nitrogen and oxygen atoms in total. The summed E-state index contributed by atoms with van der Waals surface area (Å²) in [5, 5.41) is 19.2. The Morgan fingerprint density at radius 3 is 2.58 bits per heavy atom. The van der Waals surface area contributed by atoms with Gasteiger partial charge in [0.25, 0.3) is 0 Å². The van der Waals surface area contributed by atoms with Gasteiger partial charge in [-0.2, -0.15) is 0 Å². The number of ether oxygens (including phenoxy) is 1. The lowest BCUT2D eigenvalue weighted by Gasteiger charge is -2.12. The van der Waals surface area contributed by atoms with Gasteiger partial charge in [-0.15, -0.1) is 13.2 Å². The summed E-state index contributed by atoms with van der Waals surface area (Å²) >= 11 is 0. The Bertz CT molecular complexity index is 529. The van der Waals surface area contributed by atoms with E-state index in [2.05, 4.69) is 9.72 Å². The largest absolute Gasteiger partial charge is 0.573 e. The zero-order valence-corrected chi connectivity index (χ0v) is 9.39. The number of carbonyl (C=O) groups is 1. The maximum Gasteiger partial charge on any atom is 0.573 e. The van der Waals surface area contributed by atoms with Crippen LogP contribution in [-0.2, 0) is 11.2 Å². The van der Waals surface area contributed by atoms with Gasteiger partial charge in [0.2, 0.25) is 0 Å². The van der Waals surface area contributed by atoms with E-state index >= 15 is 0 Å². The number of carboxylic acids is 1. The van der Waals surface area contributed by atoms with Crippen LogP contribution in [0.3, 0.4) is 0 Å². The van der Waals surface area contributed by atoms with E-state index in [0.29, 0.717) is 6.20 Å². The number of nitrogens with zero attached hydrogens (tertiary/aromatic N) is 2. The third kappa shape index (κ3) is 3.79. The van der Waals surface area contributed by atoms with Crippen molar-refractivity contribution in [2.45, 2.75) is 19.7 Å². The Morgan fingerprint density at radius 1 is 1.58 bits per heavy atom. The standard InChI is InChI=1S/C9H7F3N2O5/c1-4-5(2-7(15)16)8(14(17)18)13-3-6(4)19-9(10,11)12/h3H,2H2,1H3,(H,15,16). The Labute approximate surface area is 103 Å². The zero-order chi connectivity index (χ0) is 14.8. The van der Waals surface area contributed by atoms with Crippen molar-refractivity contribution in [3.8, 4) is 5.75 Å². The van der Waals surface area contributed by atoms with Gasteiger partial charge < -0.3 is 20.0 Å². The van der Waals surface area contributed by atoms with E-state index in [4.69, 9.17) is 5.11 Å². The first-order chi connectivity index (χ1) is 8.61. The fourth-order valence-electron chi connectivity index (χ4n) is 1.36. The predicted octanol–water partition coefficient (Wildman–Crippen LogP) is 1.82. The molecule has 0 saturated carbocycles. The molecule has 1 N–H and O–H groups in total. The molecule has 1 heterocycles. The van der Waals surface area contributed by atoms with Gasteiger partial charge in [-0.3, -0.25) is 4.79 Å². The van der Waals surface area contributed by atoms with Crippen molar-refractivity contribution in [1.29, 1.82) is 0 Å². The highest BCUT2D eigenvalue weighted by Crippen LogP contribution is 2.31. The molecule has 0 spiro atoms. The summed E-state index contributed by atoms with van der Waals surface area (Å²) in [6.45, 7) is 1.09. The lowest BCUT2D eigenvalue weighted by molar-refractivity contribution is -0.390. The molecular weight excluding hydrogens is 273 g/mol. The fraction of sp³-hybridized carbons (Fsp3) is 0.333. The van der Waals surface area contributed by atoms with Crippen LogP contribution in [0.25, 0.3) is 0 Å². The van der Waals surface area contributed by atoms with Crippen LogP contribution >= 0.6 is 0 Å². The maximum absolute atomic E-state index is 12.1. The predicted molar refractivity (Wildman–Crippen MR) is 53.7 cm³/mol. The molecule has 104 valence electrons. The molecule has 0 radical (unpaired) electrons. The Kier molecular flexibility index (Phi) is 3.92. The average molecular weight is 280 g/mol. The first-order valence-electron chi connectivity index (χ1n) is 4.72. The van der Waals surface area contributed by atoms with Gasteiger partial charge in [0.05, 0.1) is 12.0 Å². The molecule has 19 heavy (non-hydrogen) atoms. The summed E-state index contributed by atoms with van der Waals surface area (Å²) in [6, 6.07) is 0. The van der Waals surface area contributed by atoms with Gasteiger partial charge in [0.1, 0.15) is 0 Å². The highest BCUT2D eigenvalue weighted by Gasteiger charge is 2.34. The number of alkyl halides is 3. The van der Waals surface area contributed by atoms with E-state index in [1.165, 1.54) is 0 Å². The lowest BCUT2D eigenvalue weighted by atomic mass is 10.1. The molecule has 1 aromatic heterocycles. The smallest absolute Gasteiger partial charge is 0.481 e. The number of pyridine rings is 1. The van der Waals surface area contributed by atoms with Crippen molar-refractivity contribution in [3.63, 3.8) is 0 Å². The first kappa shape index (κ1) is 14.7. The minimum absolute atomic E-state index is 0.290. The van der Waals surface area contributed by atoms with Crippen LogP contribution in [0.2, 0.25) is 0 Å². The average Bonchev–Trinajstić information content (AvgIpc) is 2.21. The summed E-state index contributed by atoms with van der Waals surface area (Å²) in [4.78, 5) is 23.4. The summed E-state index contributed by atoms with van der Waals surface area (Å²) in [5.74, 6) is -3.01. The quantitative estimate of drug-likeness (QED) is 0.666. The summed E-state index contributed by atoms with van der Waals surface area (Å²) < 4.78 is 39.8. The topological polar surface area (TPSA) is 103 Å². The van der Waals surface area contributed by atoms with E-state index < -0.39 is 40.8 Å². The highest BCUT2D eigenvalue weighted by atomic mass is 19.4. The lowest BCUT2D eigenvalue weighted by Crippen LogP contribution is -2.19. The van der Waals surface area contributed by atoms with Gasteiger partial charge in [0.15, 0.2) is 11.9 Å². The molecule has 0 fully saturated rings. The second-order valence-corrected chi connectivity index (χ2v) is 3.43. The minimum Gasteiger partial charge on any atom is -0.481 e. The van der Waals surface area contributed by atoms with Crippen LogP contribution in [0.5, 0.6) is 5.75 Å². The second kappa shape index (κ2) is 5.08.